The van der Waals surface area contributed by atoms with Crippen LogP contribution in [0.3, 0.4) is 0 Å². The average Bonchev–Trinajstić information content (AvgIpc) is 2.67. The monoisotopic (exact) mass is 458 g/mol. The normalized spacial score (nSPS) is 12.0. The summed E-state index contributed by atoms with van der Waals surface area (Å²) in [6, 6.07) is 14.4. The van der Waals surface area contributed by atoms with Crippen LogP contribution in [0.5, 0.6) is 5.75 Å². The smallest absolute Gasteiger partial charge is 0.421 e. The maximum Gasteiger partial charge on any atom is 0.421 e. The van der Waals surface area contributed by atoms with E-state index in [4.69, 9.17) is 4.74 Å². The third-order valence-electron chi connectivity index (χ3n) is 4.47. The van der Waals surface area contributed by atoms with Crippen molar-refractivity contribution in [3.8, 4) is 5.75 Å². The van der Waals surface area contributed by atoms with E-state index in [0.29, 0.717) is 23.0 Å². The lowest BCUT2D eigenvalue weighted by molar-refractivity contribution is -0.137. The number of halogens is 3. The Bertz CT molecular complexity index is 1070. The molecule has 8 heteroatoms. The quantitative estimate of drug-likeness (QED) is 0.387. The van der Waals surface area contributed by atoms with Gasteiger partial charge in [-0.25, -0.2) is 4.98 Å². The molecule has 0 atom stereocenters. The molecule has 0 spiro atoms. The molecular formula is C25H29F3N4O. The number of anilines is 4. The van der Waals surface area contributed by atoms with Crippen LogP contribution in [-0.2, 0) is 12.6 Å². The molecule has 5 nitrogen and oxygen atoms in total. The first kappa shape index (κ1) is 24.4. The molecule has 2 aromatic carbocycles. The van der Waals surface area contributed by atoms with Gasteiger partial charge in [-0.3, -0.25) is 0 Å². The molecule has 1 heterocycles. The molecule has 0 fully saturated rings. The summed E-state index contributed by atoms with van der Waals surface area (Å²) in [5, 5.41) is 5.75. The predicted molar refractivity (Wildman–Crippen MR) is 125 cm³/mol. The Kier molecular flexibility index (Phi) is 7.15. The first-order chi connectivity index (χ1) is 15.4. The van der Waals surface area contributed by atoms with Crippen LogP contribution in [0.4, 0.5) is 36.3 Å². The summed E-state index contributed by atoms with van der Waals surface area (Å²) < 4.78 is 46.6. The van der Waals surface area contributed by atoms with Gasteiger partial charge in [-0.15, -0.1) is 0 Å². The van der Waals surface area contributed by atoms with Gasteiger partial charge in [0.05, 0.1) is 0 Å². The molecule has 0 aliphatic heterocycles. The largest absolute Gasteiger partial charge is 0.488 e. The van der Waals surface area contributed by atoms with Gasteiger partial charge in [0.15, 0.2) is 0 Å². The molecule has 176 valence electrons. The molecule has 0 saturated heterocycles. The zero-order valence-corrected chi connectivity index (χ0v) is 19.4. The second-order valence-corrected chi connectivity index (χ2v) is 9.24. The van der Waals surface area contributed by atoms with Crippen molar-refractivity contribution in [2.24, 2.45) is 5.92 Å². The van der Waals surface area contributed by atoms with Crippen molar-refractivity contribution in [2.45, 2.75) is 52.8 Å². The first-order valence-electron chi connectivity index (χ1n) is 10.8. The van der Waals surface area contributed by atoms with Crippen LogP contribution < -0.4 is 15.4 Å². The highest BCUT2D eigenvalue weighted by Gasteiger charge is 2.35. The third-order valence-corrected chi connectivity index (χ3v) is 4.47. The molecule has 1 aromatic heterocycles. The number of nitrogens with one attached hydrogen (secondary N) is 2. The van der Waals surface area contributed by atoms with E-state index in [9.17, 15) is 13.2 Å². The van der Waals surface area contributed by atoms with Gasteiger partial charge in [0.2, 0.25) is 5.95 Å². The van der Waals surface area contributed by atoms with Gasteiger partial charge in [0, 0.05) is 23.6 Å². The van der Waals surface area contributed by atoms with Gasteiger partial charge in [-0.1, -0.05) is 32.0 Å². The van der Waals surface area contributed by atoms with Crippen molar-refractivity contribution >= 4 is 23.1 Å². The van der Waals surface area contributed by atoms with Gasteiger partial charge < -0.3 is 15.4 Å². The number of rotatable bonds is 7. The Morgan fingerprint density at radius 3 is 2.24 bits per heavy atom. The lowest BCUT2D eigenvalue weighted by atomic mass is 10.0. The maximum atomic E-state index is 13.6. The van der Waals surface area contributed by atoms with E-state index in [0.717, 1.165) is 12.6 Å². The van der Waals surface area contributed by atoms with E-state index in [1.165, 1.54) is 5.56 Å². The Morgan fingerprint density at radius 1 is 0.939 bits per heavy atom. The van der Waals surface area contributed by atoms with Crippen LogP contribution in [0.2, 0.25) is 0 Å². The van der Waals surface area contributed by atoms with Gasteiger partial charge >= 0.3 is 6.18 Å². The first-order valence-corrected chi connectivity index (χ1v) is 10.8. The van der Waals surface area contributed by atoms with E-state index < -0.39 is 17.3 Å². The fourth-order valence-corrected chi connectivity index (χ4v) is 3.20. The summed E-state index contributed by atoms with van der Waals surface area (Å²) in [6.45, 7) is 9.97. The molecule has 0 aliphatic rings. The van der Waals surface area contributed by atoms with E-state index in [-0.39, 0.29) is 11.8 Å². The molecule has 3 rings (SSSR count). The number of nitrogens with zero attached hydrogens (tertiary/aromatic N) is 2. The molecule has 0 saturated carbocycles. The summed E-state index contributed by atoms with van der Waals surface area (Å²) in [6.07, 6.45) is -2.89. The minimum Gasteiger partial charge on any atom is -0.488 e. The minimum atomic E-state index is -4.61. The summed E-state index contributed by atoms with van der Waals surface area (Å²) in [5.74, 6) is 0.784. The second-order valence-electron chi connectivity index (χ2n) is 9.24. The van der Waals surface area contributed by atoms with Crippen molar-refractivity contribution < 1.29 is 17.9 Å². The number of hydrogen-bond donors (Lipinski definition) is 2. The molecular weight excluding hydrogens is 429 g/mol. The standard InChI is InChI=1S/C25H29F3N4O/c1-16(2)13-17-9-11-18(12-10-17)31-23-29-15-21(25(26,27)28)22(32-23)30-19-7-6-8-20(14-19)33-24(3,4)5/h6-12,14-16H,13H2,1-5H3,(H2,29,30,31,32). The third kappa shape index (κ3) is 7.37. The summed E-state index contributed by atoms with van der Waals surface area (Å²) in [7, 11) is 0. The van der Waals surface area contributed by atoms with E-state index >= 15 is 0 Å². The Labute approximate surface area is 192 Å². The van der Waals surface area contributed by atoms with E-state index in [1.54, 1.807) is 24.3 Å². The molecule has 0 aliphatic carbocycles. The Morgan fingerprint density at radius 2 is 1.64 bits per heavy atom. The van der Waals surface area contributed by atoms with Crippen LogP contribution in [0.25, 0.3) is 0 Å². The Hall–Kier alpha value is -3.29. The Balaban J connectivity index is 1.86. The average molecular weight is 459 g/mol. The highest BCUT2D eigenvalue weighted by molar-refractivity contribution is 5.64. The van der Waals surface area contributed by atoms with Crippen LogP contribution in [-0.4, -0.2) is 15.6 Å². The van der Waals surface area contributed by atoms with Crippen LogP contribution in [0.1, 0.15) is 45.7 Å². The lowest BCUT2D eigenvalue weighted by Crippen LogP contribution is -2.22. The van der Waals surface area contributed by atoms with Gasteiger partial charge in [-0.2, -0.15) is 18.2 Å². The maximum absolute atomic E-state index is 13.6. The number of ether oxygens (including phenoxy) is 1. The SMILES string of the molecule is CC(C)Cc1ccc(Nc2ncc(C(F)(F)F)c(Nc3cccc(OC(C)(C)C)c3)n2)cc1. The second kappa shape index (κ2) is 9.68. The van der Waals surface area contributed by atoms with Crippen molar-refractivity contribution in [1.82, 2.24) is 9.97 Å². The van der Waals surface area contributed by atoms with Crippen molar-refractivity contribution in [1.29, 1.82) is 0 Å². The van der Waals surface area contributed by atoms with Crippen molar-refractivity contribution in [3.05, 3.63) is 65.9 Å². The van der Waals surface area contributed by atoms with Gasteiger partial charge in [0.1, 0.15) is 22.7 Å². The molecule has 0 amide bonds. The number of aromatic nitrogens is 2. The van der Waals surface area contributed by atoms with Crippen molar-refractivity contribution in [2.75, 3.05) is 10.6 Å². The molecule has 3 aromatic rings. The van der Waals surface area contributed by atoms with Gasteiger partial charge in [0.25, 0.3) is 0 Å². The highest BCUT2D eigenvalue weighted by atomic mass is 19.4. The lowest BCUT2D eigenvalue weighted by Gasteiger charge is -2.22. The summed E-state index contributed by atoms with van der Waals surface area (Å²) in [5.41, 5.74) is 0.900. The molecule has 2 N–H and O–H groups in total. The van der Waals surface area contributed by atoms with Crippen LogP contribution in [0, 0.1) is 5.92 Å². The summed E-state index contributed by atoms with van der Waals surface area (Å²) >= 11 is 0. The summed E-state index contributed by atoms with van der Waals surface area (Å²) in [4.78, 5) is 7.98. The molecule has 0 radical (unpaired) electrons. The van der Waals surface area contributed by atoms with E-state index in [1.807, 2.05) is 45.0 Å². The highest BCUT2D eigenvalue weighted by Crippen LogP contribution is 2.36. The fourth-order valence-electron chi connectivity index (χ4n) is 3.20. The zero-order chi connectivity index (χ0) is 24.2. The zero-order valence-electron chi connectivity index (χ0n) is 19.4. The topological polar surface area (TPSA) is 59.1 Å². The molecule has 0 bridgehead atoms. The fraction of sp³-hybridized carbons (Fsp3) is 0.360. The van der Waals surface area contributed by atoms with Crippen LogP contribution >= 0.6 is 0 Å². The van der Waals surface area contributed by atoms with Crippen LogP contribution in [0.15, 0.2) is 54.7 Å². The van der Waals surface area contributed by atoms with Crippen molar-refractivity contribution in [3.63, 3.8) is 0 Å². The van der Waals surface area contributed by atoms with Gasteiger partial charge in [-0.05, 0) is 62.9 Å². The molecule has 0 unspecified atom stereocenters. The number of hydrogen-bond acceptors (Lipinski definition) is 5. The predicted octanol–water partition coefficient (Wildman–Crippen LogP) is 7.36. The minimum absolute atomic E-state index is 0.0594. The van der Waals surface area contributed by atoms with E-state index in [2.05, 4.69) is 34.4 Å². The number of benzene rings is 2. The number of alkyl halides is 3. The molecule has 33 heavy (non-hydrogen) atoms.